The van der Waals surface area contributed by atoms with Gasteiger partial charge in [0.25, 0.3) is 0 Å². The third-order valence-electron chi connectivity index (χ3n) is 2.28. The van der Waals surface area contributed by atoms with Crippen molar-refractivity contribution >= 4 is 5.97 Å². The van der Waals surface area contributed by atoms with Crippen LogP contribution in [0.4, 0.5) is 0 Å². The van der Waals surface area contributed by atoms with E-state index in [1.807, 2.05) is 30.3 Å². The van der Waals surface area contributed by atoms with Gasteiger partial charge in [-0.05, 0) is 12.5 Å². The molecule has 1 heterocycles. The van der Waals surface area contributed by atoms with Gasteiger partial charge in [0.1, 0.15) is 0 Å². The number of imidazole rings is 1. The summed E-state index contributed by atoms with van der Waals surface area (Å²) in [7, 11) is 0. The molecule has 0 aliphatic heterocycles. The molecule has 0 atom stereocenters. The normalized spacial score (nSPS) is 10.3. The Bertz CT molecular complexity index is 503. The number of carbonyl (C=O) groups is 1. The molecule has 1 aromatic carbocycles. The summed E-state index contributed by atoms with van der Waals surface area (Å²) in [5.41, 5.74) is 1.77. The van der Waals surface area contributed by atoms with Crippen molar-refractivity contribution in [3.63, 3.8) is 0 Å². The molecule has 4 nitrogen and oxygen atoms in total. The van der Waals surface area contributed by atoms with Crippen LogP contribution in [0.2, 0.25) is 0 Å². The van der Waals surface area contributed by atoms with Gasteiger partial charge in [0.05, 0.1) is 5.69 Å². The number of rotatable bonds is 3. The molecule has 0 fully saturated rings. The summed E-state index contributed by atoms with van der Waals surface area (Å²) in [6.07, 6.45) is 1.75. The second-order valence-electron chi connectivity index (χ2n) is 3.62. The van der Waals surface area contributed by atoms with Gasteiger partial charge in [0, 0.05) is 12.7 Å². The lowest BCUT2D eigenvalue weighted by Crippen LogP contribution is -2.09. The zero-order valence-electron chi connectivity index (χ0n) is 8.92. The van der Waals surface area contributed by atoms with Gasteiger partial charge in [-0.25, -0.2) is 9.78 Å². The molecule has 0 bridgehead atoms. The van der Waals surface area contributed by atoms with E-state index >= 15 is 0 Å². The number of carboxylic acid groups (broad SMARTS) is 1. The van der Waals surface area contributed by atoms with E-state index in [1.165, 1.54) is 0 Å². The van der Waals surface area contributed by atoms with Crippen molar-refractivity contribution in [2.75, 3.05) is 0 Å². The van der Waals surface area contributed by atoms with Crippen LogP contribution in [0.5, 0.6) is 0 Å². The molecule has 0 unspecified atom stereocenters. The van der Waals surface area contributed by atoms with Crippen molar-refractivity contribution < 1.29 is 9.90 Å². The molecule has 0 saturated carbocycles. The number of nitrogens with zero attached hydrogens (tertiary/aromatic N) is 2. The Morgan fingerprint density at radius 2 is 2.06 bits per heavy atom. The molecule has 82 valence electrons. The maximum Gasteiger partial charge on any atom is 0.372 e. The predicted octanol–water partition coefficient (Wildman–Crippen LogP) is 1.94. The highest BCUT2D eigenvalue weighted by molar-refractivity contribution is 5.83. The van der Waals surface area contributed by atoms with Crippen LogP contribution in [-0.4, -0.2) is 20.6 Å². The predicted molar refractivity (Wildman–Crippen MR) is 59.5 cm³/mol. The molecule has 0 radical (unpaired) electrons. The third kappa shape index (κ3) is 2.11. The van der Waals surface area contributed by atoms with Gasteiger partial charge in [-0.3, -0.25) is 0 Å². The van der Waals surface area contributed by atoms with Crippen LogP contribution in [0.25, 0.3) is 0 Å². The van der Waals surface area contributed by atoms with E-state index in [-0.39, 0.29) is 5.82 Å². The first-order valence-corrected chi connectivity index (χ1v) is 4.98. The fraction of sp³-hybridized carbons (Fsp3) is 0.167. The molecule has 0 saturated heterocycles. The third-order valence-corrected chi connectivity index (χ3v) is 2.28. The second kappa shape index (κ2) is 4.18. The zero-order chi connectivity index (χ0) is 11.5. The minimum Gasteiger partial charge on any atom is -0.475 e. The smallest absolute Gasteiger partial charge is 0.372 e. The molecule has 4 heteroatoms. The summed E-state index contributed by atoms with van der Waals surface area (Å²) >= 11 is 0. The standard InChI is InChI=1S/C12H12N2O2/c1-9-7-14(11(13-9)12(15)16)8-10-5-3-2-4-6-10/h2-7H,8H2,1H3,(H,15,16). The SMILES string of the molecule is Cc1cn(Cc2ccccc2)c(C(=O)O)n1. The molecular weight excluding hydrogens is 204 g/mol. The van der Waals surface area contributed by atoms with Crippen molar-refractivity contribution in [1.82, 2.24) is 9.55 Å². The Morgan fingerprint density at radius 3 is 2.69 bits per heavy atom. The first-order valence-electron chi connectivity index (χ1n) is 4.98. The zero-order valence-corrected chi connectivity index (χ0v) is 8.92. The molecule has 2 rings (SSSR count). The van der Waals surface area contributed by atoms with Crippen LogP contribution in [-0.2, 0) is 6.54 Å². The first kappa shape index (κ1) is 10.4. The Balaban J connectivity index is 2.31. The lowest BCUT2D eigenvalue weighted by atomic mass is 10.2. The van der Waals surface area contributed by atoms with E-state index in [0.29, 0.717) is 12.2 Å². The molecule has 16 heavy (non-hydrogen) atoms. The summed E-state index contributed by atoms with van der Waals surface area (Å²) in [6.45, 7) is 2.32. The van der Waals surface area contributed by atoms with Crippen LogP contribution in [0.1, 0.15) is 21.9 Å². The van der Waals surface area contributed by atoms with Crippen LogP contribution < -0.4 is 0 Å². The maximum absolute atomic E-state index is 10.9. The van der Waals surface area contributed by atoms with E-state index in [2.05, 4.69) is 4.98 Å². The van der Waals surface area contributed by atoms with Gasteiger partial charge in [0.2, 0.25) is 5.82 Å². The number of benzene rings is 1. The van der Waals surface area contributed by atoms with Gasteiger partial charge in [-0.1, -0.05) is 30.3 Å². The highest BCUT2D eigenvalue weighted by Gasteiger charge is 2.12. The van der Waals surface area contributed by atoms with Gasteiger partial charge >= 0.3 is 5.97 Å². The van der Waals surface area contributed by atoms with E-state index < -0.39 is 5.97 Å². The number of hydrogen-bond donors (Lipinski definition) is 1. The summed E-state index contributed by atoms with van der Waals surface area (Å²) in [4.78, 5) is 14.9. The van der Waals surface area contributed by atoms with Crippen molar-refractivity contribution in [3.8, 4) is 0 Å². The summed E-state index contributed by atoms with van der Waals surface area (Å²) < 4.78 is 1.65. The van der Waals surface area contributed by atoms with Gasteiger partial charge < -0.3 is 9.67 Å². The van der Waals surface area contributed by atoms with E-state index in [1.54, 1.807) is 17.7 Å². The van der Waals surface area contributed by atoms with Gasteiger partial charge in [-0.15, -0.1) is 0 Å². The summed E-state index contributed by atoms with van der Waals surface area (Å²) in [5.74, 6) is -0.912. The molecule has 2 aromatic rings. The second-order valence-corrected chi connectivity index (χ2v) is 3.62. The van der Waals surface area contributed by atoms with Gasteiger partial charge in [0.15, 0.2) is 0 Å². The van der Waals surface area contributed by atoms with Crippen molar-refractivity contribution in [2.24, 2.45) is 0 Å². The average molecular weight is 216 g/mol. The Kier molecular flexibility index (Phi) is 2.72. The summed E-state index contributed by atoms with van der Waals surface area (Å²) in [6, 6.07) is 9.71. The highest BCUT2D eigenvalue weighted by atomic mass is 16.4. The number of aromatic nitrogens is 2. The Hall–Kier alpha value is -2.10. The van der Waals surface area contributed by atoms with Crippen LogP contribution >= 0.6 is 0 Å². The van der Waals surface area contributed by atoms with Crippen molar-refractivity contribution in [2.45, 2.75) is 13.5 Å². The minimum atomic E-state index is -0.996. The van der Waals surface area contributed by atoms with Gasteiger partial charge in [-0.2, -0.15) is 0 Å². The molecule has 0 amide bonds. The number of hydrogen-bond acceptors (Lipinski definition) is 2. The fourth-order valence-electron chi connectivity index (χ4n) is 1.62. The van der Waals surface area contributed by atoms with E-state index in [4.69, 9.17) is 5.11 Å². The van der Waals surface area contributed by atoms with E-state index in [9.17, 15) is 4.79 Å². The first-order chi connectivity index (χ1) is 7.66. The van der Waals surface area contributed by atoms with Crippen LogP contribution in [0.3, 0.4) is 0 Å². The lowest BCUT2D eigenvalue weighted by Gasteiger charge is -2.04. The largest absolute Gasteiger partial charge is 0.475 e. The number of aryl methyl sites for hydroxylation is 1. The molecule has 1 N–H and O–H groups in total. The Morgan fingerprint density at radius 1 is 1.38 bits per heavy atom. The molecule has 1 aromatic heterocycles. The van der Waals surface area contributed by atoms with Crippen LogP contribution in [0.15, 0.2) is 36.5 Å². The minimum absolute atomic E-state index is 0.0846. The number of aromatic carboxylic acids is 1. The monoisotopic (exact) mass is 216 g/mol. The maximum atomic E-state index is 10.9. The number of carboxylic acids is 1. The molecular formula is C12H12N2O2. The molecule has 0 spiro atoms. The Labute approximate surface area is 93.2 Å². The van der Waals surface area contributed by atoms with Crippen molar-refractivity contribution in [1.29, 1.82) is 0 Å². The molecule has 0 aliphatic carbocycles. The van der Waals surface area contributed by atoms with Crippen molar-refractivity contribution in [3.05, 3.63) is 53.6 Å². The van der Waals surface area contributed by atoms with Crippen LogP contribution in [0, 0.1) is 6.92 Å². The summed E-state index contributed by atoms with van der Waals surface area (Å²) in [5, 5.41) is 8.97. The molecule has 0 aliphatic rings. The van der Waals surface area contributed by atoms with E-state index in [0.717, 1.165) is 5.56 Å². The fourth-order valence-corrected chi connectivity index (χ4v) is 1.62. The highest BCUT2D eigenvalue weighted by Crippen LogP contribution is 2.07. The topological polar surface area (TPSA) is 55.1 Å². The quantitative estimate of drug-likeness (QED) is 0.853. The average Bonchev–Trinajstić information content (AvgIpc) is 2.61. The lowest BCUT2D eigenvalue weighted by molar-refractivity contribution is 0.0678.